The molecule has 0 unspecified atom stereocenters. The molecule has 4 heterocycles. The van der Waals surface area contributed by atoms with E-state index in [1.807, 2.05) is 97.1 Å². The van der Waals surface area contributed by atoms with Crippen molar-refractivity contribution in [2.45, 2.75) is 230 Å². The van der Waals surface area contributed by atoms with Gasteiger partial charge in [-0.3, -0.25) is 57.5 Å². The number of hydrogen-bond acceptors (Lipinski definition) is 20. The number of piperidine rings is 4. The van der Waals surface area contributed by atoms with Crippen LogP contribution in [0.5, 0.6) is 23.0 Å². The summed E-state index contributed by atoms with van der Waals surface area (Å²) in [6.07, 6.45) is 28.6. The molecule has 4 aliphatic heterocycles. The SMILES string of the molecule is COc1cccc2c1C=C(C(=O)N[C@@H](CC1CC1)C(=O)C[C@@H](C#N)C[C@@H]1CCCNC1=O)C2.COc1cccc2c1C=C(C(=O)N[C@@H](CC1CC1)C(=O)C[C@H](C#N)C[C@@H]1CCCNC1=O)C2.COc1cccc2c1C=C(C(=O)N[C@H](CC1CC1)C(=O)C[C@@H](C#N)C[C@@H]1CCCNC1=O)C2.COc1cccc2c1C=C(C(=O)N[C@H](CC1CC1)C(=O)C[C@H](C#N)C[C@@H]1CCCNC1=O)C2. The molecule has 4 saturated carbocycles. The average Bonchev–Trinajstić information content (AvgIpc) is 1.67. The first-order valence-corrected chi connectivity index (χ1v) is 47.4. The van der Waals surface area contributed by atoms with E-state index >= 15 is 0 Å². The molecule has 8 amide bonds. The Kier molecular flexibility index (Phi) is 34.2. The van der Waals surface area contributed by atoms with Crippen LogP contribution in [0.3, 0.4) is 0 Å². The number of nitriles is 4. The minimum absolute atomic E-state index is 0.0278. The zero-order valence-corrected chi connectivity index (χ0v) is 76.3. The summed E-state index contributed by atoms with van der Waals surface area (Å²) in [6, 6.07) is 29.4. The number of fused-ring (bicyclic) bond motifs is 4. The van der Waals surface area contributed by atoms with E-state index in [1.165, 1.54) is 0 Å². The van der Waals surface area contributed by atoms with Gasteiger partial charge in [-0.05, 0) is 197 Å². The molecule has 12 aliphatic rings. The fraction of sp³-hybridized carbons (Fsp3) is 0.538. The predicted molar refractivity (Wildman–Crippen MR) is 492 cm³/mol. The number of benzene rings is 4. The van der Waals surface area contributed by atoms with E-state index in [4.69, 9.17) is 18.9 Å². The highest BCUT2D eigenvalue weighted by atomic mass is 16.5. The van der Waals surface area contributed by atoms with Gasteiger partial charge in [0.15, 0.2) is 23.1 Å². The van der Waals surface area contributed by atoms with Crippen LogP contribution < -0.4 is 61.5 Å². The molecule has 0 aromatic heterocycles. The van der Waals surface area contributed by atoms with Crippen LogP contribution in [0.4, 0.5) is 0 Å². The molecule has 28 heteroatoms. The third-order valence-electron chi connectivity index (χ3n) is 27.7. The van der Waals surface area contributed by atoms with Crippen molar-refractivity contribution in [1.82, 2.24) is 42.5 Å². The van der Waals surface area contributed by atoms with Crippen molar-refractivity contribution in [2.24, 2.45) is 71.0 Å². The van der Waals surface area contributed by atoms with Crippen molar-refractivity contribution in [2.75, 3.05) is 54.6 Å². The number of amides is 8. The highest BCUT2D eigenvalue weighted by molar-refractivity contribution is 6.06. The van der Waals surface area contributed by atoms with Crippen LogP contribution in [0.1, 0.15) is 224 Å². The second-order valence-electron chi connectivity index (χ2n) is 37.8. The molecule has 0 bridgehead atoms. The Morgan fingerprint density at radius 2 is 0.523 bits per heavy atom. The van der Waals surface area contributed by atoms with Crippen LogP contribution in [-0.4, -0.2) is 149 Å². The first-order chi connectivity index (χ1) is 63.9. The monoisotopic (exact) mass is 1800 g/mol. The van der Waals surface area contributed by atoms with E-state index in [9.17, 15) is 78.6 Å². The molecule has 4 aromatic carbocycles. The molecule has 0 spiro atoms. The molecule has 4 aromatic rings. The van der Waals surface area contributed by atoms with Crippen molar-refractivity contribution >= 4 is 94.7 Å². The Morgan fingerprint density at radius 3 is 0.697 bits per heavy atom. The predicted octanol–water partition coefficient (Wildman–Crippen LogP) is 11.7. The summed E-state index contributed by atoms with van der Waals surface area (Å²) in [5.74, 6) is 0.153. The minimum atomic E-state index is -0.604. The van der Waals surface area contributed by atoms with Crippen molar-refractivity contribution in [3.63, 3.8) is 0 Å². The molecule has 0 radical (unpaired) electrons. The topological polar surface area (TPSA) is 433 Å². The van der Waals surface area contributed by atoms with Crippen molar-refractivity contribution in [3.05, 3.63) is 140 Å². The summed E-state index contributed by atoms with van der Waals surface area (Å²) in [6.45, 7) is 2.69. The van der Waals surface area contributed by atoms with E-state index in [2.05, 4.69) is 66.8 Å². The summed E-state index contributed by atoms with van der Waals surface area (Å²) in [7, 11) is 6.42. The van der Waals surface area contributed by atoms with Gasteiger partial charge in [0.05, 0.1) is 101 Å². The van der Waals surface area contributed by atoms with Gasteiger partial charge in [0.25, 0.3) is 0 Å². The maximum Gasteiger partial charge on any atom is 0.248 e. The highest BCUT2D eigenvalue weighted by Gasteiger charge is 2.41. The maximum atomic E-state index is 13.2. The van der Waals surface area contributed by atoms with Crippen LogP contribution in [0, 0.1) is 116 Å². The summed E-state index contributed by atoms with van der Waals surface area (Å²) in [5.41, 5.74) is 10.2. The number of carbonyl (C=O) groups excluding carboxylic acids is 12. The Bertz CT molecular complexity index is 4670. The molecule has 8 fully saturated rings. The number of nitrogens with zero attached hydrogens (tertiary/aromatic N) is 4. The second-order valence-corrected chi connectivity index (χ2v) is 37.8. The summed E-state index contributed by atoms with van der Waals surface area (Å²) in [5, 5.41) is 61.7. The fourth-order valence-corrected chi connectivity index (χ4v) is 19.4. The lowest BCUT2D eigenvalue weighted by Gasteiger charge is -2.24. The van der Waals surface area contributed by atoms with Gasteiger partial charge in [0, 0.05) is 146 Å². The smallest absolute Gasteiger partial charge is 0.248 e. The van der Waals surface area contributed by atoms with Crippen LogP contribution >= 0.6 is 0 Å². The number of ether oxygens (including phenoxy) is 4. The van der Waals surface area contributed by atoms with Crippen LogP contribution in [0.15, 0.2) is 95.1 Å². The summed E-state index contributed by atoms with van der Waals surface area (Å²) in [4.78, 5) is 153. The quantitative estimate of drug-likeness (QED) is 0.0205. The van der Waals surface area contributed by atoms with Crippen molar-refractivity contribution in [1.29, 1.82) is 21.0 Å². The number of ketones is 4. The molecule has 696 valence electrons. The van der Waals surface area contributed by atoms with Gasteiger partial charge in [0.2, 0.25) is 47.3 Å². The number of rotatable bonds is 40. The Labute approximate surface area is 772 Å². The molecule has 132 heavy (non-hydrogen) atoms. The van der Waals surface area contributed by atoms with Gasteiger partial charge >= 0.3 is 0 Å². The highest BCUT2D eigenvalue weighted by Crippen LogP contribution is 2.42. The number of Topliss-reactive ketones (excluding diaryl/α,β-unsaturated/α-hetero) is 4. The molecule has 16 rings (SSSR count). The first-order valence-electron chi connectivity index (χ1n) is 47.4. The zero-order valence-electron chi connectivity index (χ0n) is 76.3. The van der Waals surface area contributed by atoms with E-state index in [0.717, 1.165) is 170 Å². The third kappa shape index (κ3) is 26.9. The Morgan fingerprint density at radius 1 is 0.318 bits per heavy atom. The van der Waals surface area contributed by atoms with E-state index in [-0.39, 0.29) is 120 Å². The summed E-state index contributed by atoms with van der Waals surface area (Å²) < 4.78 is 21.6. The lowest BCUT2D eigenvalue weighted by atomic mass is 9.85. The van der Waals surface area contributed by atoms with E-state index in [0.29, 0.717) is 149 Å². The molecular formula is C104H124N12O16. The average molecular weight is 1800 g/mol. The Hall–Kier alpha value is -12.6. The molecular weight excluding hydrogens is 1670 g/mol. The molecule has 4 saturated heterocycles. The zero-order chi connectivity index (χ0) is 93.5. The molecule has 8 N–H and O–H groups in total. The number of nitrogens with one attached hydrogen (secondary N) is 8. The van der Waals surface area contributed by atoms with Crippen LogP contribution in [0.25, 0.3) is 24.3 Å². The summed E-state index contributed by atoms with van der Waals surface area (Å²) >= 11 is 0. The Balaban J connectivity index is 0.000000150. The van der Waals surface area contributed by atoms with Gasteiger partial charge in [-0.15, -0.1) is 0 Å². The second kappa shape index (κ2) is 46.5. The molecule has 12 atom stereocenters. The normalized spacial score (nSPS) is 21.2. The van der Waals surface area contributed by atoms with Gasteiger partial charge in [-0.2, -0.15) is 21.0 Å². The largest absolute Gasteiger partial charge is 0.496 e. The third-order valence-corrected chi connectivity index (χ3v) is 27.7. The van der Waals surface area contributed by atoms with Crippen LogP contribution in [0.2, 0.25) is 0 Å². The number of methoxy groups -OCH3 is 4. The fourth-order valence-electron chi connectivity index (χ4n) is 19.4. The van der Waals surface area contributed by atoms with Crippen molar-refractivity contribution in [3.8, 4) is 47.3 Å². The van der Waals surface area contributed by atoms with E-state index in [1.54, 1.807) is 28.4 Å². The lowest BCUT2D eigenvalue weighted by Crippen LogP contribution is -2.43. The standard InChI is InChI=1S/4C26H31N3O4/c4*1-33-24-6-2-4-18-13-20(14-21(18)24)26(32)29-22(11-16-7-8-16)23(30)12-17(15-27)10-19-5-3-9-28-25(19)31/h4*2,4,6,14,16-17,19,22H,3,5,7-13H2,1H3,(H,28,31)(H,29,32)/t17-,19+,22+;17-,19+,22-;17-,19-,22+;17-,19-,22-/m1100/s1. The van der Waals surface area contributed by atoms with Crippen LogP contribution in [-0.2, 0) is 83.2 Å². The van der Waals surface area contributed by atoms with Crippen molar-refractivity contribution < 1.29 is 76.5 Å². The van der Waals surface area contributed by atoms with Gasteiger partial charge in [-0.25, -0.2) is 0 Å². The van der Waals surface area contributed by atoms with Gasteiger partial charge in [-0.1, -0.05) is 99.9 Å². The lowest BCUT2D eigenvalue weighted by molar-refractivity contribution is -0.128. The minimum Gasteiger partial charge on any atom is -0.496 e. The first kappa shape index (κ1) is 97.0. The number of carbonyl (C=O) groups is 12. The molecule has 28 nitrogen and oxygen atoms in total. The van der Waals surface area contributed by atoms with E-state index < -0.39 is 47.8 Å². The van der Waals surface area contributed by atoms with Gasteiger partial charge < -0.3 is 61.5 Å². The molecule has 8 aliphatic carbocycles. The maximum absolute atomic E-state index is 13.2. The van der Waals surface area contributed by atoms with Gasteiger partial charge in [0.1, 0.15) is 23.0 Å². The number of hydrogen-bond donors (Lipinski definition) is 8.